The summed E-state index contributed by atoms with van der Waals surface area (Å²) in [4.78, 5) is 2.29. The van der Waals surface area contributed by atoms with Crippen LogP contribution in [-0.4, -0.2) is 11.9 Å². The van der Waals surface area contributed by atoms with Crippen LogP contribution in [0.5, 0.6) is 0 Å². The minimum atomic E-state index is 0.332. The van der Waals surface area contributed by atoms with E-state index in [0.29, 0.717) is 6.04 Å². The molecule has 100 valence electrons. The summed E-state index contributed by atoms with van der Waals surface area (Å²) in [7, 11) is 2.11. The molecule has 0 saturated heterocycles. The van der Waals surface area contributed by atoms with E-state index in [0.717, 1.165) is 17.3 Å². The van der Waals surface area contributed by atoms with Gasteiger partial charge in [-0.15, -0.1) is 0 Å². The van der Waals surface area contributed by atoms with Crippen molar-refractivity contribution in [1.82, 2.24) is 4.90 Å². The maximum atomic E-state index is 5.92. The van der Waals surface area contributed by atoms with Crippen molar-refractivity contribution >= 4 is 17.3 Å². The molecule has 1 unspecified atom stereocenters. The van der Waals surface area contributed by atoms with Gasteiger partial charge in [-0.05, 0) is 49.4 Å². The van der Waals surface area contributed by atoms with Crippen LogP contribution in [-0.2, 0) is 6.54 Å². The molecule has 0 amide bonds. The Morgan fingerprint density at radius 1 is 1.16 bits per heavy atom. The number of benzene rings is 2. The highest BCUT2D eigenvalue weighted by Gasteiger charge is 2.11. The van der Waals surface area contributed by atoms with Gasteiger partial charge in [0, 0.05) is 23.3 Å². The lowest BCUT2D eigenvalue weighted by molar-refractivity contribution is 0.253. The standard InChI is InChI=1S/C16H19ClN2/c1-12(14-6-8-15(17)9-7-14)19(2)11-13-4-3-5-16(18)10-13/h3-10,12H,11,18H2,1-2H3. The van der Waals surface area contributed by atoms with Crippen LogP contribution >= 0.6 is 11.6 Å². The second-order valence-corrected chi connectivity index (χ2v) is 5.32. The molecule has 0 aliphatic rings. The Hall–Kier alpha value is -1.51. The monoisotopic (exact) mass is 274 g/mol. The number of anilines is 1. The van der Waals surface area contributed by atoms with Crippen molar-refractivity contribution < 1.29 is 0 Å². The lowest BCUT2D eigenvalue weighted by Crippen LogP contribution is -2.21. The van der Waals surface area contributed by atoms with E-state index < -0.39 is 0 Å². The molecule has 0 bridgehead atoms. The Kier molecular flexibility index (Phi) is 4.46. The zero-order chi connectivity index (χ0) is 13.8. The van der Waals surface area contributed by atoms with Crippen LogP contribution in [0.3, 0.4) is 0 Å². The van der Waals surface area contributed by atoms with Crippen molar-refractivity contribution in [2.75, 3.05) is 12.8 Å². The lowest BCUT2D eigenvalue weighted by atomic mass is 10.1. The fourth-order valence-electron chi connectivity index (χ4n) is 2.11. The Balaban J connectivity index is 2.07. The van der Waals surface area contributed by atoms with E-state index in [1.54, 1.807) is 0 Å². The quantitative estimate of drug-likeness (QED) is 0.850. The first-order chi connectivity index (χ1) is 9.06. The van der Waals surface area contributed by atoms with Gasteiger partial charge in [0.25, 0.3) is 0 Å². The fraction of sp³-hybridized carbons (Fsp3) is 0.250. The van der Waals surface area contributed by atoms with Crippen molar-refractivity contribution in [3.05, 3.63) is 64.7 Å². The predicted molar refractivity (Wildman–Crippen MR) is 82.2 cm³/mol. The highest BCUT2D eigenvalue weighted by Crippen LogP contribution is 2.22. The topological polar surface area (TPSA) is 29.3 Å². The minimum Gasteiger partial charge on any atom is -0.399 e. The summed E-state index contributed by atoms with van der Waals surface area (Å²) in [5.41, 5.74) is 9.10. The molecule has 2 aromatic carbocycles. The molecule has 0 radical (unpaired) electrons. The molecule has 2 N–H and O–H groups in total. The van der Waals surface area contributed by atoms with Gasteiger partial charge in [-0.1, -0.05) is 35.9 Å². The molecule has 2 aromatic rings. The Bertz CT molecular complexity index is 537. The summed E-state index contributed by atoms with van der Waals surface area (Å²) < 4.78 is 0. The van der Waals surface area contributed by atoms with E-state index in [1.165, 1.54) is 11.1 Å². The number of nitrogen functional groups attached to an aromatic ring is 1. The zero-order valence-corrected chi connectivity index (χ0v) is 12.1. The third-order valence-corrected chi connectivity index (χ3v) is 3.65. The largest absolute Gasteiger partial charge is 0.399 e. The lowest BCUT2D eigenvalue weighted by Gasteiger charge is -2.25. The second kappa shape index (κ2) is 6.09. The van der Waals surface area contributed by atoms with E-state index >= 15 is 0 Å². The molecule has 2 rings (SSSR count). The SMILES string of the molecule is CC(c1ccc(Cl)cc1)N(C)Cc1cccc(N)c1. The number of hydrogen-bond donors (Lipinski definition) is 1. The molecule has 0 fully saturated rings. The second-order valence-electron chi connectivity index (χ2n) is 4.89. The highest BCUT2D eigenvalue weighted by atomic mass is 35.5. The van der Waals surface area contributed by atoms with Crippen molar-refractivity contribution in [1.29, 1.82) is 0 Å². The Morgan fingerprint density at radius 3 is 2.47 bits per heavy atom. The minimum absolute atomic E-state index is 0.332. The summed E-state index contributed by atoms with van der Waals surface area (Å²) in [5.74, 6) is 0. The number of rotatable bonds is 4. The molecule has 0 aliphatic carbocycles. The van der Waals surface area contributed by atoms with Crippen LogP contribution in [0, 0.1) is 0 Å². The molecular weight excluding hydrogens is 256 g/mol. The normalized spacial score (nSPS) is 12.6. The maximum absolute atomic E-state index is 5.92. The van der Waals surface area contributed by atoms with Crippen LogP contribution in [0.25, 0.3) is 0 Å². The smallest absolute Gasteiger partial charge is 0.0406 e. The molecule has 1 atom stereocenters. The molecule has 0 aromatic heterocycles. The van der Waals surface area contributed by atoms with E-state index in [-0.39, 0.29) is 0 Å². The molecule has 3 heteroatoms. The van der Waals surface area contributed by atoms with Crippen LogP contribution in [0.15, 0.2) is 48.5 Å². The molecule has 0 saturated carbocycles. The number of nitrogens with zero attached hydrogens (tertiary/aromatic N) is 1. The summed E-state index contributed by atoms with van der Waals surface area (Å²) in [6.07, 6.45) is 0. The first-order valence-corrected chi connectivity index (χ1v) is 6.74. The van der Waals surface area contributed by atoms with E-state index in [1.807, 2.05) is 30.3 Å². The van der Waals surface area contributed by atoms with Crippen LogP contribution in [0.2, 0.25) is 5.02 Å². The van der Waals surface area contributed by atoms with E-state index in [9.17, 15) is 0 Å². The van der Waals surface area contributed by atoms with Gasteiger partial charge in [0.1, 0.15) is 0 Å². The van der Waals surface area contributed by atoms with Gasteiger partial charge in [-0.2, -0.15) is 0 Å². The molecule has 2 nitrogen and oxygen atoms in total. The van der Waals surface area contributed by atoms with Gasteiger partial charge in [0.15, 0.2) is 0 Å². The first kappa shape index (κ1) is 13.9. The van der Waals surface area contributed by atoms with Gasteiger partial charge in [0.05, 0.1) is 0 Å². The maximum Gasteiger partial charge on any atom is 0.0406 e. The Labute approximate surface area is 119 Å². The molecular formula is C16H19ClN2. The van der Waals surface area contributed by atoms with Crippen molar-refractivity contribution in [2.24, 2.45) is 0 Å². The fourth-order valence-corrected chi connectivity index (χ4v) is 2.24. The van der Waals surface area contributed by atoms with Gasteiger partial charge in [-0.3, -0.25) is 4.90 Å². The third-order valence-electron chi connectivity index (χ3n) is 3.40. The highest BCUT2D eigenvalue weighted by molar-refractivity contribution is 6.30. The number of hydrogen-bond acceptors (Lipinski definition) is 2. The molecule has 0 aliphatic heterocycles. The summed E-state index contributed by atoms with van der Waals surface area (Å²) in [5, 5.41) is 0.773. The first-order valence-electron chi connectivity index (χ1n) is 6.36. The molecule has 0 heterocycles. The predicted octanol–water partition coefficient (Wildman–Crippen LogP) is 4.12. The molecule has 19 heavy (non-hydrogen) atoms. The summed E-state index contributed by atoms with van der Waals surface area (Å²) in [6, 6.07) is 16.4. The van der Waals surface area contributed by atoms with Gasteiger partial charge in [0.2, 0.25) is 0 Å². The van der Waals surface area contributed by atoms with Crippen LogP contribution < -0.4 is 5.73 Å². The summed E-state index contributed by atoms with van der Waals surface area (Å²) in [6.45, 7) is 3.06. The van der Waals surface area contributed by atoms with Crippen LogP contribution in [0.1, 0.15) is 24.1 Å². The van der Waals surface area contributed by atoms with E-state index in [2.05, 4.69) is 37.1 Å². The van der Waals surface area contributed by atoms with E-state index in [4.69, 9.17) is 17.3 Å². The zero-order valence-electron chi connectivity index (χ0n) is 11.3. The summed E-state index contributed by atoms with van der Waals surface area (Å²) >= 11 is 5.92. The van der Waals surface area contributed by atoms with Gasteiger partial charge >= 0.3 is 0 Å². The van der Waals surface area contributed by atoms with Gasteiger partial charge in [-0.25, -0.2) is 0 Å². The average molecular weight is 275 g/mol. The molecule has 0 spiro atoms. The van der Waals surface area contributed by atoms with Crippen molar-refractivity contribution in [3.8, 4) is 0 Å². The van der Waals surface area contributed by atoms with Gasteiger partial charge < -0.3 is 5.73 Å². The van der Waals surface area contributed by atoms with Crippen LogP contribution in [0.4, 0.5) is 5.69 Å². The average Bonchev–Trinajstić information content (AvgIpc) is 2.39. The number of halogens is 1. The number of nitrogens with two attached hydrogens (primary N) is 1. The van der Waals surface area contributed by atoms with Crippen molar-refractivity contribution in [3.63, 3.8) is 0 Å². The Morgan fingerprint density at radius 2 is 1.84 bits per heavy atom. The van der Waals surface area contributed by atoms with Crippen molar-refractivity contribution in [2.45, 2.75) is 19.5 Å². The third kappa shape index (κ3) is 3.72.